The van der Waals surface area contributed by atoms with E-state index in [4.69, 9.17) is 4.74 Å². The van der Waals surface area contributed by atoms with Crippen LogP contribution < -0.4 is 9.64 Å². The Bertz CT molecular complexity index is 950. The van der Waals surface area contributed by atoms with Crippen molar-refractivity contribution in [1.29, 1.82) is 0 Å². The van der Waals surface area contributed by atoms with Crippen LogP contribution >= 0.6 is 11.3 Å². The maximum absolute atomic E-state index is 5.60. The molecule has 156 valence electrons. The van der Waals surface area contributed by atoms with E-state index in [-0.39, 0.29) is 0 Å². The molecule has 3 aliphatic heterocycles. The molecule has 0 unspecified atom stereocenters. The lowest BCUT2D eigenvalue weighted by Gasteiger charge is -2.56. The molecule has 0 aliphatic carbocycles. The number of benzene rings is 2. The number of likely N-dealkylation sites (N-methyl/N-ethyl adjacent to an activating group) is 1. The normalized spacial score (nSPS) is 26.3. The monoisotopic (exact) mass is 418 g/mol. The minimum atomic E-state index is 0.316. The smallest absolute Gasteiger partial charge is 0.119 e. The quantitative estimate of drug-likeness (QED) is 0.527. The minimum Gasteiger partial charge on any atom is -0.497 e. The van der Waals surface area contributed by atoms with E-state index in [2.05, 4.69) is 82.9 Å². The minimum absolute atomic E-state index is 0.316. The number of ether oxygens (including phenoxy) is 1. The molecule has 0 spiro atoms. The van der Waals surface area contributed by atoms with Crippen molar-refractivity contribution in [3.05, 3.63) is 83.2 Å². The molecule has 0 N–H and O–H groups in total. The Labute approximate surface area is 183 Å². The third kappa shape index (κ3) is 3.52. The van der Waals surface area contributed by atoms with E-state index in [0.29, 0.717) is 18.0 Å². The Hall–Kier alpha value is -2.30. The summed E-state index contributed by atoms with van der Waals surface area (Å²) in [6.07, 6.45) is 2.60. The summed E-state index contributed by atoms with van der Waals surface area (Å²) < 4.78 is 5.60. The van der Waals surface area contributed by atoms with Crippen LogP contribution in [0.25, 0.3) is 0 Å². The van der Waals surface area contributed by atoms with Crippen LogP contribution in [-0.4, -0.2) is 44.2 Å². The first-order valence-corrected chi connectivity index (χ1v) is 11.8. The molecule has 3 aromatic rings. The first-order chi connectivity index (χ1) is 14.8. The van der Waals surface area contributed by atoms with Gasteiger partial charge < -0.3 is 9.64 Å². The number of hydrogen-bond donors (Lipinski definition) is 0. The van der Waals surface area contributed by atoms with Gasteiger partial charge in [-0.15, -0.1) is 11.3 Å². The van der Waals surface area contributed by atoms with Crippen molar-refractivity contribution in [3.63, 3.8) is 0 Å². The van der Waals surface area contributed by atoms with Crippen molar-refractivity contribution in [2.24, 2.45) is 5.92 Å². The Morgan fingerprint density at radius 2 is 1.73 bits per heavy atom. The lowest BCUT2D eigenvalue weighted by molar-refractivity contribution is 0.0188. The molecule has 3 aliphatic rings. The SMILES string of the molecule is COc1cccc([C@H](c2ccccc2)[C@@H]2[C@H](N(C)c3cccs3)C3CCN2CC3)c1. The average Bonchev–Trinajstić information content (AvgIpc) is 3.35. The second-order valence-electron chi connectivity index (χ2n) is 8.58. The molecule has 4 heterocycles. The number of methoxy groups -OCH3 is 1. The molecule has 2 aromatic carbocycles. The van der Waals surface area contributed by atoms with Crippen molar-refractivity contribution in [2.75, 3.05) is 32.1 Å². The molecule has 0 saturated carbocycles. The zero-order valence-corrected chi connectivity index (χ0v) is 18.6. The van der Waals surface area contributed by atoms with Gasteiger partial charge in [-0.2, -0.15) is 0 Å². The van der Waals surface area contributed by atoms with E-state index >= 15 is 0 Å². The summed E-state index contributed by atoms with van der Waals surface area (Å²) >= 11 is 1.85. The molecule has 3 saturated heterocycles. The molecule has 2 bridgehead atoms. The van der Waals surface area contributed by atoms with Gasteiger partial charge in [0.05, 0.1) is 12.1 Å². The predicted molar refractivity (Wildman–Crippen MR) is 126 cm³/mol. The van der Waals surface area contributed by atoms with E-state index < -0.39 is 0 Å². The third-order valence-corrected chi connectivity index (χ3v) is 8.04. The van der Waals surface area contributed by atoms with Crippen molar-refractivity contribution >= 4 is 16.3 Å². The summed E-state index contributed by atoms with van der Waals surface area (Å²) in [6, 6.07) is 25.2. The molecule has 30 heavy (non-hydrogen) atoms. The molecule has 3 atom stereocenters. The van der Waals surface area contributed by atoms with Gasteiger partial charge in [-0.1, -0.05) is 42.5 Å². The van der Waals surface area contributed by atoms with Gasteiger partial charge in [0.15, 0.2) is 0 Å². The molecule has 6 rings (SSSR count). The van der Waals surface area contributed by atoms with Crippen LogP contribution in [0.3, 0.4) is 0 Å². The number of piperidine rings is 3. The zero-order chi connectivity index (χ0) is 20.5. The summed E-state index contributed by atoms with van der Waals surface area (Å²) in [5.41, 5.74) is 2.75. The standard InChI is InChI=1S/C26H30N2OS/c1-27(23-12-7-17-30-23)25-20-13-15-28(16-14-20)26(25)24(19-8-4-3-5-9-19)21-10-6-11-22(18-21)29-2/h3-12,17-18,20,24-26H,13-16H2,1-2H3/t24-,25+,26+/m0/s1. The molecule has 3 nitrogen and oxygen atoms in total. The molecule has 0 radical (unpaired) electrons. The fourth-order valence-corrected chi connectivity index (χ4v) is 6.45. The van der Waals surface area contributed by atoms with Crippen LogP contribution in [-0.2, 0) is 0 Å². The lowest BCUT2D eigenvalue weighted by Crippen LogP contribution is -2.64. The van der Waals surface area contributed by atoms with Crippen LogP contribution in [0.15, 0.2) is 72.1 Å². The highest BCUT2D eigenvalue weighted by atomic mass is 32.1. The number of fused-ring (bicyclic) bond motifs is 3. The topological polar surface area (TPSA) is 15.7 Å². The number of anilines is 1. The number of rotatable bonds is 6. The number of thiophene rings is 1. The fraction of sp³-hybridized carbons (Fsp3) is 0.385. The Morgan fingerprint density at radius 3 is 2.43 bits per heavy atom. The molecule has 1 aromatic heterocycles. The van der Waals surface area contributed by atoms with Gasteiger partial charge >= 0.3 is 0 Å². The summed E-state index contributed by atoms with van der Waals surface area (Å²) in [5.74, 6) is 1.99. The van der Waals surface area contributed by atoms with Gasteiger partial charge in [0, 0.05) is 25.0 Å². The van der Waals surface area contributed by atoms with Crippen LogP contribution in [0.1, 0.15) is 29.9 Å². The van der Waals surface area contributed by atoms with Gasteiger partial charge in [-0.3, -0.25) is 4.90 Å². The van der Waals surface area contributed by atoms with Gasteiger partial charge in [0.2, 0.25) is 0 Å². The third-order valence-electron chi connectivity index (χ3n) is 7.08. The highest BCUT2D eigenvalue weighted by Gasteiger charge is 2.48. The summed E-state index contributed by atoms with van der Waals surface area (Å²) in [4.78, 5) is 5.33. The Morgan fingerprint density at radius 1 is 0.967 bits per heavy atom. The van der Waals surface area contributed by atoms with Crippen LogP contribution in [0.2, 0.25) is 0 Å². The van der Waals surface area contributed by atoms with Gasteiger partial charge in [0.25, 0.3) is 0 Å². The number of hydrogen-bond acceptors (Lipinski definition) is 4. The molecular weight excluding hydrogens is 388 g/mol. The van der Waals surface area contributed by atoms with Gasteiger partial charge in [-0.05, 0) is 72.6 Å². The van der Waals surface area contributed by atoms with E-state index in [0.717, 1.165) is 11.7 Å². The van der Waals surface area contributed by atoms with E-state index in [1.807, 2.05) is 17.4 Å². The van der Waals surface area contributed by atoms with E-state index in [9.17, 15) is 0 Å². The van der Waals surface area contributed by atoms with Gasteiger partial charge in [-0.25, -0.2) is 0 Å². The molecular formula is C26H30N2OS. The van der Waals surface area contributed by atoms with Crippen molar-refractivity contribution in [2.45, 2.75) is 30.8 Å². The fourth-order valence-electron chi connectivity index (χ4n) is 5.71. The Kier molecular flexibility index (Phi) is 5.53. The summed E-state index contributed by atoms with van der Waals surface area (Å²) in [5, 5.41) is 3.56. The lowest BCUT2D eigenvalue weighted by atomic mass is 9.70. The first kappa shape index (κ1) is 19.7. The van der Waals surface area contributed by atoms with Crippen LogP contribution in [0, 0.1) is 5.92 Å². The van der Waals surface area contributed by atoms with Crippen LogP contribution in [0.5, 0.6) is 5.75 Å². The summed E-state index contributed by atoms with van der Waals surface area (Å²) in [7, 11) is 4.06. The largest absolute Gasteiger partial charge is 0.497 e. The molecule has 0 amide bonds. The van der Waals surface area contributed by atoms with Gasteiger partial charge in [0.1, 0.15) is 5.75 Å². The zero-order valence-electron chi connectivity index (χ0n) is 17.8. The van der Waals surface area contributed by atoms with Crippen molar-refractivity contribution in [1.82, 2.24) is 4.90 Å². The van der Waals surface area contributed by atoms with Crippen molar-refractivity contribution in [3.8, 4) is 5.75 Å². The highest BCUT2D eigenvalue weighted by molar-refractivity contribution is 7.14. The molecule has 3 fully saturated rings. The molecule has 4 heteroatoms. The number of nitrogens with zero attached hydrogens (tertiary/aromatic N) is 2. The van der Waals surface area contributed by atoms with Crippen LogP contribution in [0.4, 0.5) is 5.00 Å². The van der Waals surface area contributed by atoms with E-state index in [1.165, 1.54) is 42.1 Å². The second kappa shape index (κ2) is 8.44. The highest BCUT2D eigenvalue weighted by Crippen LogP contribution is 2.45. The van der Waals surface area contributed by atoms with E-state index in [1.54, 1.807) is 7.11 Å². The maximum Gasteiger partial charge on any atom is 0.119 e. The average molecular weight is 419 g/mol. The maximum atomic E-state index is 5.60. The first-order valence-electron chi connectivity index (χ1n) is 11.0. The Balaban J connectivity index is 1.62. The predicted octanol–water partition coefficient (Wildman–Crippen LogP) is 5.49. The summed E-state index contributed by atoms with van der Waals surface area (Å²) in [6.45, 7) is 2.41. The second-order valence-corrected chi connectivity index (χ2v) is 9.51. The van der Waals surface area contributed by atoms with Crippen molar-refractivity contribution < 1.29 is 4.74 Å².